The van der Waals surface area contributed by atoms with E-state index >= 15 is 0 Å². The molecule has 1 aromatic carbocycles. The van der Waals surface area contributed by atoms with E-state index in [1.807, 2.05) is 34.9 Å². The number of nitrogens with zero attached hydrogens (tertiary/aromatic N) is 3. The number of aromatic nitrogens is 3. The van der Waals surface area contributed by atoms with E-state index in [0.717, 1.165) is 5.69 Å². The lowest BCUT2D eigenvalue weighted by Gasteiger charge is -2.21. The highest BCUT2D eigenvalue weighted by molar-refractivity contribution is 5.83. The average Bonchev–Trinajstić information content (AvgIpc) is 3.02. The molecule has 7 nitrogen and oxygen atoms in total. The van der Waals surface area contributed by atoms with Crippen molar-refractivity contribution in [1.29, 1.82) is 0 Å². The van der Waals surface area contributed by atoms with Gasteiger partial charge in [0.1, 0.15) is 6.33 Å². The lowest BCUT2D eigenvalue weighted by atomic mass is 9.98. The van der Waals surface area contributed by atoms with E-state index in [9.17, 15) is 9.59 Å². The second-order valence-corrected chi connectivity index (χ2v) is 5.21. The van der Waals surface area contributed by atoms with Crippen LogP contribution in [0.2, 0.25) is 0 Å². The minimum Gasteiger partial charge on any atom is -0.355 e. The van der Waals surface area contributed by atoms with Gasteiger partial charge in [-0.25, -0.2) is 0 Å². The zero-order chi connectivity index (χ0) is 15.4. The Bertz CT molecular complexity index is 658. The molecule has 2 heterocycles. The second-order valence-electron chi connectivity index (χ2n) is 5.21. The van der Waals surface area contributed by atoms with Crippen molar-refractivity contribution < 1.29 is 9.59 Å². The Kier molecular flexibility index (Phi) is 4.13. The summed E-state index contributed by atoms with van der Waals surface area (Å²) in [6, 6.07) is 9.70. The van der Waals surface area contributed by atoms with Crippen LogP contribution in [0, 0.1) is 5.92 Å². The van der Waals surface area contributed by atoms with Crippen molar-refractivity contribution in [2.24, 2.45) is 5.92 Å². The first-order valence-electron chi connectivity index (χ1n) is 7.23. The van der Waals surface area contributed by atoms with Crippen molar-refractivity contribution in [1.82, 2.24) is 25.4 Å². The molecule has 2 amide bonds. The van der Waals surface area contributed by atoms with Crippen LogP contribution < -0.4 is 10.6 Å². The van der Waals surface area contributed by atoms with E-state index in [1.54, 1.807) is 6.33 Å². The van der Waals surface area contributed by atoms with E-state index in [4.69, 9.17) is 0 Å². The molecule has 1 atom stereocenters. The molecule has 3 rings (SSSR count). The predicted molar refractivity (Wildman–Crippen MR) is 78.9 cm³/mol. The lowest BCUT2D eigenvalue weighted by molar-refractivity contribution is -0.129. The standard InChI is InChI=1S/C15H17N5O2/c21-14-7-6-11(8-16-14)15(22)17-9-13-19-18-10-20(13)12-4-2-1-3-5-12/h1-5,10-11H,6-9H2,(H,16,21)(H,17,22)/t11-/m0/s1. The third-order valence-corrected chi connectivity index (χ3v) is 3.71. The number of benzene rings is 1. The number of hydrogen-bond donors (Lipinski definition) is 2. The summed E-state index contributed by atoms with van der Waals surface area (Å²) in [7, 11) is 0. The fourth-order valence-electron chi connectivity index (χ4n) is 2.45. The summed E-state index contributed by atoms with van der Waals surface area (Å²) in [4.78, 5) is 23.2. The Balaban J connectivity index is 1.62. The number of carbonyl (C=O) groups is 2. The van der Waals surface area contributed by atoms with Gasteiger partial charge in [-0.15, -0.1) is 10.2 Å². The monoisotopic (exact) mass is 299 g/mol. The first-order valence-corrected chi connectivity index (χ1v) is 7.23. The van der Waals surface area contributed by atoms with Crippen molar-refractivity contribution in [3.8, 4) is 5.69 Å². The highest BCUT2D eigenvalue weighted by atomic mass is 16.2. The molecule has 0 saturated carbocycles. The van der Waals surface area contributed by atoms with Crippen LogP contribution in [0.3, 0.4) is 0 Å². The highest BCUT2D eigenvalue weighted by Gasteiger charge is 2.24. The molecule has 1 aromatic heterocycles. The summed E-state index contributed by atoms with van der Waals surface area (Å²) in [5, 5.41) is 13.5. The van der Waals surface area contributed by atoms with Crippen LogP contribution in [0.15, 0.2) is 36.7 Å². The van der Waals surface area contributed by atoms with Gasteiger partial charge in [0.2, 0.25) is 11.8 Å². The molecule has 1 fully saturated rings. The van der Waals surface area contributed by atoms with Crippen LogP contribution in [-0.2, 0) is 16.1 Å². The summed E-state index contributed by atoms with van der Waals surface area (Å²) in [6.45, 7) is 0.703. The van der Waals surface area contributed by atoms with Gasteiger partial charge in [0.05, 0.1) is 12.5 Å². The minimum absolute atomic E-state index is 0.00729. The third kappa shape index (κ3) is 3.13. The number of nitrogens with one attached hydrogen (secondary N) is 2. The van der Waals surface area contributed by atoms with Gasteiger partial charge >= 0.3 is 0 Å². The minimum atomic E-state index is -0.175. The smallest absolute Gasteiger partial charge is 0.225 e. The summed E-state index contributed by atoms with van der Waals surface area (Å²) in [5.41, 5.74) is 0.946. The van der Waals surface area contributed by atoms with Gasteiger partial charge < -0.3 is 10.6 Å². The number of piperidine rings is 1. The fourth-order valence-corrected chi connectivity index (χ4v) is 2.45. The Morgan fingerprint density at radius 2 is 2.18 bits per heavy atom. The van der Waals surface area contributed by atoms with Crippen molar-refractivity contribution in [2.75, 3.05) is 6.54 Å². The molecule has 1 aliphatic rings. The zero-order valence-corrected chi connectivity index (χ0v) is 12.0. The molecule has 0 bridgehead atoms. The van der Waals surface area contributed by atoms with Crippen LogP contribution in [0.25, 0.3) is 5.69 Å². The molecule has 0 aliphatic carbocycles. The molecule has 2 N–H and O–H groups in total. The van der Waals surface area contributed by atoms with Crippen molar-refractivity contribution in [3.63, 3.8) is 0 Å². The average molecular weight is 299 g/mol. The van der Waals surface area contributed by atoms with Crippen LogP contribution in [0.1, 0.15) is 18.7 Å². The third-order valence-electron chi connectivity index (χ3n) is 3.71. The zero-order valence-electron chi connectivity index (χ0n) is 12.0. The molecule has 1 saturated heterocycles. The van der Waals surface area contributed by atoms with Gasteiger partial charge in [-0.1, -0.05) is 18.2 Å². The molecule has 0 radical (unpaired) electrons. The van der Waals surface area contributed by atoms with Crippen molar-refractivity contribution >= 4 is 11.8 Å². The van der Waals surface area contributed by atoms with E-state index in [2.05, 4.69) is 20.8 Å². The maximum atomic E-state index is 12.1. The van der Waals surface area contributed by atoms with E-state index < -0.39 is 0 Å². The molecule has 2 aromatic rings. The van der Waals surface area contributed by atoms with Gasteiger partial charge in [-0.2, -0.15) is 0 Å². The largest absolute Gasteiger partial charge is 0.355 e. The lowest BCUT2D eigenvalue weighted by Crippen LogP contribution is -2.42. The molecule has 1 aliphatic heterocycles. The number of hydrogen-bond acceptors (Lipinski definition) is 4. The predicted octanol–water partition coefficient (Wildman–Crippen LogP) is 0.410. The van der Waals surface area contributed by atoms with Gasteiger partial charge in [-0.05, 0) is 18.6 Å². The Labute approximate surface area is 127 Å². The molecular weight excluding hydrogens is 282 g/mol. The first-order chi connectivity index (χ1) is 10.7. The van der Waals surface area contributed by atoms with E-state index in [1.165, 1.54) is 0 Å². The normalized spacial score (nSPS) is 17.8. The Morgan fingerprint density at radius 1 is 1.36 bits per heavy atom. The van der Waals surface area contributed by atoms with E-state index in [0.29, 0.717) is 31.8 Å². The first kappa shape index (κ1) is 14.2. The summed E-state index contributed by atoms with van der Waals surface area (Å²) >= 11 is 0. The van der Waals surface area contributed by atoms with Crippen LogP contribution in [0.5, 0.6) is 0 Å². The quantitative estimate of drug-likeness (QED) is 0.856. The topological polar surface area (TPSA) is 88.9 Å². The molecule has 22 heavy (non-hydrogen) atoms. The number of para-hydroxylation sites is 1. The van der Waals surface area contributed by atoms with Crippen LogP contribution >= 0.6 is 0 Å². The second kappa shape index (κ2) is 6.38. The maximum Gasteiger partial charge on any atom is 0.225 e. The molecule has 114 valence electrons. The fraction of sp³-hybridized carbons (Fsp3) is 0.333. The van der Waals surface area contributed by atoms with Crippen molar-refractivity contribution in [2.45, 2.75) is 19.4 Å². The Morgan fingerprint density at radius 3 is 2.91 bits per heavy atom. The molecular formula is C15H17N5O2. The van der Waals surface area contributed by atoms with Crippen LogP contribution in [0.4, 0.5) is 0 Å². The number of carbonyl (C=O) groups excluding carboxylic acids is 2. The van der Waals surface area contributed by atoms with Gasteiger partial charge in [0.15, 0.2) is 5.82 Å². The maximum absolute atomic E-state index is 12.1. The SMILES string of the molecule is O=C1CC[C@H](C(=O)NCc2nncn2-c2ccccc2)CN1. The van der Waals surface area contributed by atoms with E-state index in [-0.39, 0.29) is 17.7 Å². The van der Waals surface area contributed by atoms with Crippen molar-refractivity contribution in [3.05, 3.63) is 42.5 Å². The van der Waals surface area contributed by atoms with Gasteiger partial charge in [0.25, 0.3) is 0 Å². The highest BCUT2D eigenvalue weighted by Crippen LogP contribution is 2.12. The number of rotatable bonds is 4. The van der Waals surface area contributed by atoms with Gasteiger partial charge in [-0.3, -0.25) is 14.2 Å². The Hall–Kier alpha value is -2.70. The molecule has 0 spiro atoms. The molecule has 7 heteroatoms. The summed E-state index contributed by atoms with van der Waals surface area (Å²) < 4.78 is 1.84. The summed E-state index contributed by atoms with van der Waals surface area (Å²) in [6.07, 6.45) is 2.61. The summed E-state index contributed by atoms with van der Waals surface area (Å²) in [5.74, 6) is 0.431. The number of amides is 2. The van der Waals surface area contributed by atoms with Gasteiger partial charge in [0, 0.05) is 18.7 Å². The molecule has 0 unspecified atom stereocenters. The van der Waals surface area contributed by atoms with Crippen LogP contribution in [-0.4, -0.2) is 33.1 Å².